The maximum atomic E-state index is 13.9. The fourth-order valence-corrected chi connectivity index (χ4v) is 5.56. The Balaban J connectivity index is 2.17. The summed E-state index contributed by atoms with van der Waals surface area (Å²) in [5.41, 5.74) is 1.86. The molecule has 5 nitrogen and oxygen atoms in total. The average Bonchev–Trinajstić information content (AvgIpc) is 3.01. The standard InChI is InChI=1S/C17H17FN2O3S2/c1-9-10(2)19-23-16(9)15-11(3)24-12(4)17(15)25(21,22)20-14-8-6-5-7-13(14)18/h5-8,20H,1-4H3. The smallest absolute Gasteiger partial charge is 0.263 e. The predicted octanol–water partition coefficient (Wildman–Crippen LogP) is 4.58. The van der Waals surface area contributed by atoms with Crippen LogP contribution in [0.2, 0.25) is 0 Å². The predicted molar refractivity (Wildman–Crippen MR) is 96.0 cm³/mol. The van der Waals surface area contributed by atoms with Crippen LogP contribution in [0.25, 0.3) is 11.3 Å². The Bertz CT molecular complexity index is 1050. The van der Waals surface area contributed by atoms with Crippen LogP contribution in [-0.4, -0.2) is 13.6 Å². The molecule has 132 valence electrons. The molecule has 3 rings (SSSR count). The zero-order valence-electron chi connectivity index (χ0n) is 14.2. The van der Waals surface area contributed by atoms with E-state index in [1.165, 1.54) is 29.5 Å². The Morgan fingerprint density at radius 2 is 1.80 bits per heavy atom. The summed E-state index contributed by atoms with van der Waals surface area (Å²) in [6.45, 7) is 7.17. The third-order valence-corrected chi connectivity index (χ3v) is 6.66. The van der Waals surface area contributed by atoms with Crippen molar-refractivity contribution < 1.29 is 17.3 Å². The molecule has 0 bridgehead atoms. The number of halogens is 1. The number of hydrogen-bond acceptors (Lipinski definition) is 5. The molecule has 0 saturated carbocycles. The molecule has 0 spiro atoms. The van der Waals surface area contributed by atoms with Crippen LogP contribution >= 0.6 is 11.3 Å². The Labute approximate surface area is 149 Å². The van der Waals surface area contributed by atoms with Gasteiger partial charge in [0.2, 0.25) is 0 Å². The number of para-hydroxylation sites is 1. The summed E-state index contributed by atoms with van der Waals surface area (Å²) in [6, 6.07) is 5.65. The number of anilines is 1. The maximum Gasteiger partial charge on any atom is 0.263 e. The van der Waals surface area contributed by atoms with Crippen molar-refractivity contribution in [2.75, 3.05) is 4.72 Å². The number of rotatable bonds is 4. The minimum absolute atomic E-state index is 0.0949. The molecule has 0 amide bonds. The molecule has 25 heavy (non-hydrogen) atoms. The molecular formula is C17H17FN2O3S2. The van der Waals surface area contributed by atoms with Gasteiger partial charge in [0.15, 0.2) is 5.76 Å². The number of aromatic nitrogens is 1. The van der Waals surface area contributed by atoms with E-state index in [9.17, 15) is 12.8 Å². The van der Waals surface area contributed by atoms with E-state index in [1.807, 2.05) is 13.8 Å². The number of nitrogens with zero attached hydrogens (tertiary/aromatic N) is 1. The third-order valence-electron chi connectivity index (χ3n) is 3.98. The van der Waals surface area contributed by atoms with Crippen molar-refractivity contribution in [3.63, 3.8) is 0 Å². The molecular weight excluding hydrogens is 363 g/mol. The van der Waals surface area contributed by atoms with Crippen molar-refractivity contribution in [1.82, 2.24) is 5.16 Å². The van der Waals surface area contributed by atoms with Gasteiger partial charge in [0, 0.05) is 15.3 Å². The second kappa shape index (κ2) is 6.27. The fraction of sp³-hybridized carbons (Fsp3) is 0.235. The lowest BCUT2D eigenvalue weighted by molar-refractivity contribution is 0.426. The largest absolute Gasteiger partial charge is 0.356 e. The van der Waals surface area contributed by atoms with E-state index in [0.717, 1.165) is 10.4 Å². The van der Waals surface area contributed by atoms with Crippen molar-refractivity contribution >= 4 is 27.0 Å². The van der Waals surface area contributed by atoms with Gasteiger partial charge in [0.25, 0.3) is 10.0 Å². The van der Waals surface area contributed by atoms with E-state index in [1.54, 1.807) is 19.9 Å². The van der Waals surface area contributed by atoms with Gasteiger partial charge in [-0.2, -0.15) is 0 Å². The van der Waals surface area contributed by atoms with Gasteiger partial charge in [-0.15, -0.1) is 11.3 Å². The topological polar surface area (TPSA) is 72.2 Å². The molecule has 0 unspecified atom stereocenters. The van der Waals surface area contributed by atoms with Gasteiger partial charge in [-0.1, -0.05) is 17.3 Å². The summed E-state index contributed by atoms with van der Waals surface area (Å²) in [4.78, 5) is 1.49. The van der Waals surface area contributed by atoms with E-state index < -0.39 is 15.8 Å². The molecule has 1 N–H and O–H groups in total. The molecule has 3 aromatic rings. The highest BCUT2D eigenvalue weighted by Crippen LogP contribution is 2.41. The number of sulfonamides is 1. The van der Waals surface area contributed by atoms with Crippen LogP contribution in [0.15, 0.2) is 33.7 Å². The van der Waals surface area contributed by atoms with Gasteiger partial charge in [0.1, 0.15) is 10.7 Å². The lowest BCUT2D eigenvalue weighted by Crippen LogP contribution is -2.15. The van der Waals surface area contributed by atoms with Crippen LogP contribution in [0, 0.1) is 33.5 Å². The SMILES string of the molecule is Cc1noc(-c2c(C)sc(C)c2S(=O)(=O)Nc2ccccc2F)c1C. The first-order valence-electron chi connectivity index (χ1n) is 7.53. The summed E-state index contributed by atoms with van der Waals surface area (Å²) in [7, 11) is -4.00. The normalized spacial score (nSPS) is 11.7. The van der Waals surface area contributed by atoms with E-state index in [0.29, 0.717) is 21.9 Å². The van der Waals surface area contributed by atoms with Crippen LogP contribution < -0.4 is 4.72 Å². The number of nitrogens with one attached hydrogen (secondary N) is 1. The quantitative estimate of drug-likeness (QED) is 0.719. The summed E-state index contributed by atoms with van der Waals surface area (Å²) in [6.07, 6.45) is 0. The van der Waals surface area contributed by atoms with Crippen LogP contribution in [0.5, 0.6) is 0 Å². The van der Waals surface area contributed by atoms with Gasteiger partial charge in [-0.05, 0) is 39.8 Å². The van der Waals surface area contributed by atoms with Gasteiger partial charge in [-0.3, -0.25) is 4.72 Å². The van der Waals surface area contributed by atoms with Crippen LogP contribution in [-0.2, 0) is 10.0 Å². The van der Waals surface area contributed by atoms with Crippen molar-refractivity contribution in [2.45, 2.75) is 32.6 Å². The van der Waals surface area contributed by atoms with Crippen LogP contribution in [0.3, 0.4) is 0 Å². The lowest BCUT2D eigenvalue weighted by Gasteiger charge is -2.10. The molecule has 0 atom stereocenters. The first kappa shape index (κ1) is 17.6. The molecule has 0 saturated heterocycles. The number of thiophene rings is 1. The second-order valence-corrected chi connectivity index (χ2v) is 8.77. The first-order valence-corrected chi connectivity index (χ1v) is 9.83. The molecule has 1 aromatic carbocycles. The van der Waals surface area contributed by atoms with Crippen molar-refractivity contribution in [2.24, 2.45) is 0 Å². The molecule has 0 aliphatic heterocycles. The minimum Gasteiger partial charge on any atom is -0.356 e. The summed E-state index contributed by atoms with van der Waals surface area (Å²) >= 11 is 1.35. The Morgan fingerprint density at radius 3 is 2.40 bits per heavy atom. The fourth-order valence-electron chi connectivity index (χ4n) is 2.64. The van der Waals surface area contributed by atoms with Crippen molar-refractivity contribution in [3.05, 3.63) is 51.1 Å². The lowest BCUT2D eigenvalue weighted by atomic mass is 10.1. The minimum atomic E-state index is -4.00. The van der Waals surface area contributed by atoms with Crippen LogP contribution in [0.4, 0.5) is 10.1 Å². The third kappa shape index (κ3) is 3.07. The average molecular weight is 380 g/mol. The molecule has 8 heteroatoms. The van der Waals surface area contributed by atoms with E-state index in [4.69, 9.17) is 4.52 Å². The number of benzene rings is 1. The summed E-state index contributed by atoms with van der Waals surface area (Å²) < 4.78 is 47.5. The molecule has 0 radical (unpaired) electrons. The van der Waals surface area contributed by atoms with E-state index in [2.05, 4.69) is 9.88 Å². The molecule has 0 fully saturated rings. The second-order valence-electron chi connectivity index (χ2n) is 5.73. The maximum absolute atomic E-state index is 13.9. The number of aryl methyl sites for hydroxylation is 3. The number of hydrogen-bond donors (Lipinski definition) is 1. The molecule has 2 heterocycles. The van der Waals surface area contributed by atoms with Gasteiger partial charge in [-0.25, -0.2) is 12.8 Å². The van der Waals surface area contributed by atoms with E-state index >= 15 is 0 Å². The van der Waals surface area contributed by atoms with E-state index in [-0.39, 0.29) is 10.6 Å². The van der Waals surface area contributed by atoms with Crippen LogP contribution in [0.1, 0.15) is 21.0 Å². The van der Waals surface area contributed by atoms with Crippen molar-refractivity contribution in [1.29, 1.82) is 0 Å². The Morgan fingerprint density at radius 1 is 1.12 bits per heavy atom. The Kier molecular flexibility index (Phi) is 4.42. The monoisotopic (exact) mass is 380 g/mol. The van der Waals surface area contributed by atoms with Gasteiger partial charge >= 0.3 is 0 Å². The summed E-state index contributed by atoms with van der Waals surface area (Å²) in [5.74, 6) is -0.211. The highest BCUT2D eigenvalue weighted by Gasteiger charge is 2.30. The summed E-state index contributed by atoms with van der Waals surface area (Å²) in [5, 5.41) is 3.92. The first-order chi connectivity index (χ1) is 11.7. The Hall–Kier alpha value is -2.19. The molecule has 0 aliphatic carbocycles. The highest BCUT2D eigenvalue weighted by atomic mass is 32.2. The molecule has 2 aromatic heterocycles. The molecule has 0 aliphatic rings. The van der Waals surface area contributed by atoms with Gasteiger partial charge in [0.05, 0.1) is 16.9 Å². The van der Waals surface area contributed by atoms with Crippen molar-refractivity contribution in [3.8, 4) is 11.3 Å². The zero-order chi connectivity index (χ0) is 18.4. The highest BCUT2D eigenvalue weighted by molar-refractivity contribution is 7.93. The zero-order valence-corrected chi connectivity index (χ0v) is 15.8. The van der Waals surface area contributed by atoms with Gasteiger partial charge < -0.3 is 4.52 Å².